The van der Waals surface area contributed by atoms with E-state index in [4.69, 9.17) is 5.11 Å². The second kappa shape index (κ2) is 8.14. The van der Waals surface area contributed by atoms with Crippen molar-refractivity contribution in [2.45, 2.75) is 19.8 Å². The summed E-state index contributed by atoms with van der Waals surface area (Å²) < 4.78 is 12.7. The maximum atomic E-state index is 12.7. The maximum Gasteiger partial charge on any atom is 0.314 e. The molecule has 20 heavy (non-hydrogen) atoms. The van der Waals surface area contributed by atoms with Gasteiger partial charge >= 0.3 is 12.0 Å². The molecule has 0 aliphatic heterocycles. The van der Waals surface area contributed by atoms with E-state index in [9.17, 15) is 14.0 Å². The first kappa shape index (κ1) is 15.9. The van der Waals surface area contributed by atoms with E-state index in [1.54, 1.807) is 19.1 Å². The highest BCUT2D eigenvalue weighted by Crippen LogP contribution is 2.02. The molecule has 1 aromatic rings. The molecule has 0 bridgehead atoms. The average Bonchev–Trinajstić information content (AvgIpc) is 2.40. The number of carbonyl (C=O) groups excluding carboxylic acids is 1. The zero-order valence-electron chi connectivity index (χ0n) is 11.4. The minimum absolute atomic E-state index is 0.285. The van der Waals surface area contributed by atoms with Crippen LogP contribution < -0.4 is 10.6 Å². The van der Waals surface area contributed by atoms with Crippen molar-refractivity contribution < 1.29 is 19.1 Å². The normalized spacial score (nSPS) is 11.7. The van der Waals surface area contributed by atoms with Gasteiger partial charge in [0.1, 0.15) is 5.82 Å². The first-order valence-electron chi connectivity index (χ1n) is 6.48. The second-order valence-corrected chi connectivity index (χ2v) is 4.59. The first-order valence-corrected chi connectivity index (χ1v) is 6.48. The van der Waals surface area contributed by atoms with Gasteiger partial charge in [0.2, 0.25) is 0 Å². The Morgan fingerprint density at radius 3 is 2.40 bits per heavy atom. The van der Waals surface area contributed by atoms with Gasteiger partial charge in [-0.3, -0.25) is 4.79 Å². The molecule has 0 saturated heterocycles. The third-order valence-corrected chi connectivity index (χ3v) is 2.90. The van der Waals surface area contributed by atoms with E-state index in [0.717, 1.165) is 5.56 Å². The van der Waals surface area contributed by atoms with Gasteiger partial charge in [-0.15, -0.1) is 0 Å². The zero-order chi connectivity index (χ0) is 15.0. The van der Waals surface area contributed by atoms with Crippen LogP contribution in [0.15, 0.2) is 24.3 Å². The number of halogens is 1. The Labute approximate surface area is 117 Å². The van der Waals surface area contributed by atoms with Crippen LogP contribution >= 0.6 is 0 Å². The Hall–Kier alpha value is -2.11. The number of benzene rings is 1. The van der Waals surface area contributed by atoms with Crippen molar-refractivity contribution >= 4 is 12.0 Å². The molecule has 1 rings (SSSR count). The van der Waals surface area contributed by atoms with Crippen LogP contribution in [0.2, 0.25) is 0 Å². The van der Waals surface area contributed by atoms with Crippen molar-refractivity contribution in [3.05, 3.63) is 35.6 Å². The average molecular weight is 282 g/mol. The van der Waals surface area contributed by atoms with Gasteiger partial charge in [-0.2, -0.15) is 0 Å². The molecule has 110 valence electrons. The number of urea groups is 1. The van der Waals surface area contributed by atoms with Crippen LogP contribution in [0.5, 0.6) is 0 Å². The van der Waals surface area contributed by atoms with Crippen LogP contribution in [0.25, 0.3) is 0 Å². The summed E-state index contributed by atoms with van der Waals surface area (Å²) >= 11 is 0. The maximum absolute atomic E-state index is 12.7. The Morgan fingerprint density at radius 2 is 1.80 bits per heavy atom. The highest BCUT2D eigenvalue weighted by atomic mass is 19.1. The molecule has 1 atom stereocenters. The molecule has 2 amide bonds. The zero-order valence-corrected chi connectivity index (χ0v) is 11.4. The van der Waals surface area contributed by atoms with Gasteiger partial charge in [0.05, 0.1) is 5.92 Å². The van der Waals surface area contributed by atoms with Crippen molar-refractivity contribution in [2.24, 2.45) is 5.92 Å². The Bertz CT molecular complexity index is 448. The Kier molecular flexibility index (Phi) is 6.49. The molecule has 0 aromatic heterocycles. The minimum Gasteiger partial charge on any atom is -0.481 e. The highest BCUT2D eigenvalue weighted by molar-refractivity contribution is 5.74. The summed E-state index contributed by atoms with van der Waals surface area (Å²) in [4.78, 5) is 22.0. The lowest BCUT2D eigenvalue weighted by Gasteiger charge is -2.09. The summed E-state index contributed by atoms with van der Waals surface area (Å²) in [5, 5.41) is 13.9. The molecule has 0 heterocycles. The molecule has 0 spiro atoms. The summed E-state index contributed by atoms with van der Waals surface area (Å²) in [6.45, 7) is 2.35. The number of hydrogen-bond acceptors (Lipinski definition) is 2. The van der Waals surface area contributed by atoms with Crippen molar-refractivity contribution in [3.8, 4) is 0 Å². The molecule has 6 heteroatoms. The summed E-state index contributed by atoms with van der Waals surface area (Å²) in [5.74, 6) is -1.63. The van der Waals surface area contributed by atoms with Crippen molar-refractivity contribution in [3.63, 3.8) is 0 Å². The molecule has 0 fully saturated rings. The molecule has 1 aromatic carbocycles. The molecule has 0 aliphatic rings. The van der Waals surface area contributed by atoms with Gasteiger partial charge in [-0.25, -0.2) is 9.18 Å². The topological polar surface area (TPSA) is 78.4 Å². The van der Waals surface area contributed by atoms with Crippen LogP contribution in [0.4, 0.5) is 9.18 Å². The van der Waals surface area contributed by atoms with Gasteiger partial charge < -0.3 is 15.7 Å². The van der Waals surface area contributed by atoms with Crippen LogP contribution in [-0.4, -0.2) is 30.2 Å². The minimum atomic E-state index is -0.872. The fraction of sp³-hybridized carbons (Fsp3) is 0.429. The van der Waals surface area contributed by atoms with Gasteiger partial charge in [-0.1, -0.05) is 19.1 Å². The number of rotatable bonds is 7. The second-order valence-electron chi connectivity index (χ2n) is 4.59. The highest BCUT2D eigenvalue weighted by Gasteiger charge is 2.10. The van der Waals surface area contributed by atoms with Crippen molar-refractivity contribution in [1.29, 1.82) is 0 Å². The molecular formula is C14H19FN2O3. The van der Waals surface area contributed by atoms with E-state index in [2.05, 4.69) is 10.6 Å². The number of amides is 2. The van der Waals surface area contributed by atoms with Crippen molar-refractivity contribution in [2.75, 3.05) is 13.1 Å². The monoisotopic (exact) mass is 282 g/mol. The molecule has 3 N–H and O–H groups in total. The smallest absolute Gasteiger partial charge is 0.314 e. The summed E-state index contributed by atoms with van der Waals surface area (Å²) in [5.41, 5.74) is 0.936. The van der Waals surface area contributed by atoms with E-state index >= 15 is 0 Å². The SMILES string of the molecule is CC(CCNC(=O)NCCc1ccc(F)cc1)C(=O)O. The number of carboxylic acids is 1. The summed E-state index contributed by atoms with van der Waals surface area (Å²) in [6, 6.07) is 5.77. The number of carboxylic acid groups (broad SMARTS) is 1. The fourth-order valence-corrected chi connectivity index (χ4v) is 1.56. The quantitative estimate of drug-likeness (QED) is 0.713. The van der Waals surface area contributed by atoms with Gasteiger partial charge in [-0.05, 0) is 30.5 Å². The van der Waals surface area contributed by atoms with Crippen LogP contribution in [0.1, 0.15) is 18.9 Å². The largest absolute Gasteiger partial charge is 0.481 e. The van der Waals surface area contributed by atoms with E-state index < -0.39 is 11.9 Å². The first-order chi connectivity index (χ1) is 9.49. The van der Waals surface area contributed by atoms with Gasteiger partial charge in [0.15, 0.2) is 0 Å². The summed E-state index contributed by atoms with van der Waals surface area (Å²) in [6.07, 6.45) is 1.000. The Morgan fingerprint density at radius 1 is 1.20 bits per heavy atom. The van der Waals surface area contributed by atoms with E-state index in [1.807, 2.05) is 0 Å². The molecule has 0 aliphatic carbocycles. The number of aliphatic carboxylic acids is 1. The Balaban J connectivity index is 2.14. The lowest BCUT2D eigenvalue weighted by Crippen LogP contribution is -2.37. The van der Waals surface area contributed by atoms with Crippen LogP contribution in [0, 0.1) is 11.7 Å². The molecular weight excluding hydrogens is 263 g/mol. The predicted octanol–water partition coefficient (Wildman–Crippen LogP) is 1.78. The lowest BCUT2D eigenvalue weighted by molar-refractivity contribution is -0.141. The summed E-state index contributed by atoms with van der Waals surface area (Å²) in [7, 11) is 0. The fourth-order valence-electron chi connectivity index (χ4n) is 1.56. The predicted molar refractivity (Wildman–Crippen MR) is 72.9 cm³/mol. The molecule has 5 nitrogen and oxygen atoms in total. The molecule has 0 radical (unpaired) electrons. The van der Waals surface area contributed by atoms with Gasteiger partial charge in [0, 0.05) is 13.1 Å². The lowest BCUT2D eigenvalue weighted by atomic mass is 10.1. The van der Waals surface area contributed by atoms with E-state index in [1.165, 1.54) is 12.1 Å². The number of carbonyl (C=O) groups is 2. The van der Waals surface area contributed by atoms with Crippen LogP contribution in [0.3, 0.4) is 0 Å². The van der Waals surface area contributed by atoms with Gasteiger partial charge in [0.25, 0.3) is 0 Å². The number of nitrogens with one attached hydrogen (secondary N) is 2. The van der Waals surface area contributed by atoms with E-state index in [0.29, 0.717) is 25.9 Å². The number of hydrogen-bond donors (Lipinski definition) is 3. The third-order valence-electron chi connectivity index (χ3n) is 2.90. The molecule has 0 saturated carbocycles. The molecule has 1 unspecified atom stereocenters. The third kappa shape index (κ3) is 6.17. The van der Waals surface area contributed by atoms with Crippen molar-refractivity contribution in [1.82, 2.24) is 10.6 Å². The van der Waals surface area contributed by atoms with E-state index in [-0.39, 0.29) is 11.8 Å². The van der Waals surface area contributed by atoms with Crippen LogP contribution in [-0.2, 0) is 11.2 Å². The standard InChI is InChI=1S/C14H19FN2O3/c1-10(13(18)19)6-8-16-14(20)17-9-7-11-2-4-12(15)5-3-11/h2-5,10H,6-9H2,1H3,(H,18,19)(H2,16,17,20).